The van der Waals surface area contributed by atoms with Crippen LogP contribution in [0.5, 0.6) is 17.2 Å². The fourth-order valence-corrected chi connectivity index (χ4v) is 19.5. The van der Waals surface area contributed by atoms with E-state index in [1.165, 1.54) is 39.1 Å². The Bertz CT molecular complexity index is 6470. The van der Waals surface area contributed by atoms with E-state index in [4.69, 9.17) is 25.1 Å². The van der Waals surface area contributed by atoms with Crippen LogP contribution in [0.15, 0.2) is 333 Å². The smallest absolute Gasteiger partial charge is 0.243 e. The maximum atomic E-state index is 13.5. The zero-order valence-corrected chi connectivity index (χ0v) is 82.3. The average Bonchev–Trinajstić information content (AvgIpc) is 1.76. The topological polar surface area (TPSA) is 346 Å². The summed E-state index contributed by atoms with van der Waals surface area (Å²) in [4.78, 5) is 13.5. The summed E-state index contributed by atoms with van der Waals surface area (Å²) in [6.45, 7) is 2.67. The summed E-state index contributed by atoms with van der Waals surface area (Å²) in [5.74, 6) is 1.39. The number of ether oxygens (including phenoxy) is 3. The molecule has 4 atom stereocenters. The Kier molecular flexibility index (Phi) is 40.2. The van der Waals surface area contributed by atoms with Crippen LogP contribution in [-0.2, 0) is 100 Å². The molecular formula is C100H114Br2FN11O15S4. The van der Waals surface area contributed by atoms with E-state index in [1.807, 2.05) is 242 Å². The fraction of sp³-hybridized carbons (Fsp3) is 0.250. The molecule has 0 aliphatic carbocycles. The first-order valence-electron chi connectivity index (χ1n) is 42.1. The number of nitrogens with one attached hydrogen (secondary N) is 1. The molecule has 0 aliphatic heterocycles. The van der Waals surface area contributed by atoms with Gasteiger partial charge in [0.05, 0.1) is 114 Å². The molecule has 0 amide bonds. The number of rotatable bonds is 33. The average molecular weight is 2020 g/mol. The number of aromatic nitrogens is 6. The van der Waals surface area contributed by atoms with Gasteiger partial charge in [-0.3, -0.25) is 0 Å². The molecule has 0 aliphatic rings. The summed E-state index contributed by atoms with van der Waals surface area (Å²) < 4.78 is 144. The first-order chi connectivity index (χ1) is 63.6. The second-order valence-electron chi connectivity index (χ2n) is 31.2. The molecular weight excluding hydrogens is 1900 g/mol. The number of aryl methyl sites for hydroxylation is 4. The van der Waals surface area contributed by atoms with E-state index in [0.717, 1.165) is 90.0 Å². The van der Waals surface area contributed by atoms with Gasteiger partial charge in [-0.15, -0.1) is 0 Å². The van der Waals surface area contributed by atoms with E-state index >= 15 is 0 Å². The number of hydrogen-bond acceptors (Lipinski definition) is 19. The van der Waals surface area contributed by atoms with Crippen molar-refractivity contribution in [2.75, 3.05) is 75.9 Å². The Morgan fingerprint density at radius 1 is 0.398 bits per heavy atom. The minimum atomic E-state index is -3.76. The predicted octanol–water partition coefficient (Wildman–Crippen LogP) is 16.0. The van der Waals surface area contributed by atoms with Crippen LogP contribution >= 0.6 is 31.9 Å². The van der Waals surface area contributed by atoms with Gasteiger partial charge in [0.2, 0.25) is 40.1 Å². The molecule has 0 saturated heterocycles. The van der Waals surface area contributed by atoms with E-state index in [2.05, 4.69) is 51.5 Å². The predicted molar refractivity (Wildman–Crippen MR) is 525 cm³/mol. The zero-order valence-electron chi connectivity index (χ0n) is 75.9. The van der Waals surface area contributed by atoms with Crippen molar-refractivity contribution in [1.29, 1.82) is 0 Å². The Hall–Kier alpha value is -11.2. The minimum absolute atomic E-state index is 0.00222. The van der Waals surface area contributed by atoms with Crippen molar-refractivity contribution in [2.24, 2.45) is 26.9 Å². The highest BCUT2D eigenvalue weighted by Crippen LogP contribution is 2.36. The molecule has 0 radical (unpaired) electrons. The lowest BCUT2D eigenvalue weighted by Crippen LogP contribution is -2.26. The van der Waals surface area contributed by atoms with Gasteiger partial charge in [0.15, 0.2) is 0 Å². The number of methoxy groups -OCH3 is 3. The SMILES string of the molecule is CNS(=O)(=O)c1ccc(C[C@@H](CO)c2ccccc2)c(-c2cn(C)cn2)c1.COc1ccc(CN(C)S(=O)(=O)c2ccc(C[C@@H](CO)c3ccccc3)c(-c3cn(C)cn3)c2)cc1.COc1ccc(CN(C)S(=O)(=O)c2ccc(C[C@@H](CO)c3ccccc3)c(Br)c2)cc1.COc1ccc(CN(C)S(=O)(=O)c2ccc(F)c(Br)c2)cc1.Cc1cn(C)cn1.N[C@@H](CO)c1ccccc1. The lowest BCUT2D eigenvalue weighted by molar-refractivity contribution is 0.264. The van der Waals surface area contributed by atoms with Crippen LogP contribution < -0.4 is 24.7 Å². The van der Waals surface area contributed by atoms with E-state index < -0.39 is 45.9 Å². The largest absolute Gasteiger partial charge is 0.497 e. The number of aliphatic hydroxyl groups is 4. The van der Waals surface area contributed by atoms with E-state index in [-0.39, 0.29) is 93.9 Å². The summed E-state index contributed by atoms with van der Waals surface area (Å²) in [7, 11) is 1.81. The van der Waals surface area contributed by atoms with Crippen molar-refractivity contribution in [3.05, 3.63) is 381 Å². The van der Waals surface area contributed by atoms with Crippen LogP contribution in [0.2, 0.25) is 0 Å². The van der Waals surface area contributed by atoms with E-state index in [0.29, 0.717) is 40.9 Å². The summed E-state index contributed by atoms with van der Waals surface area (Å²) >= 11 is 6.52. The number of benzene rings is 11. The maximum Gasteiger partial charge on any atom is 0.243 e. The van der Waals surface area contributed by atoms with Gasteiger partial charge in [0.1, 0.15) is 23.1 Å². The van der Waals surface area contributed by atoms with Gasteiger partial charge in [-0.1, -0.05) is 192 Å². The molecule has 33 heteroatoms. The molecule has 0 spiro atoms. The molecule has 0 unspecified atom stereocenters. The highest BCUT2D eigenvalue weighted by atomic mass is 79.9. The fourth-order valence-electron chi connectivity index (χ4n) is 13.9. The van der Waals surface area contributed by atoms with Crippen molar-refractivity contribution < 1.29 is 72.7 Å². The third-order valence-corrected chi connectivity index (χ3v) is 29.7. The highest BCUT2D eigenvalue weighted by molar-refractivity contribution is 9.10. The molecule has 26 nitrogen and oxygen atoms in total. The van der Waals surface area contributed by atoms with E-state index in [9.17, 15) is 53.4 Å². The lowest BCUT2D eigenvalue weighted by Gasteiger charge is -2.20. The highest BCUT2D eigenvalue weighted by Gasteiger charge is 2.28. The molecule has 3 aromatic heterocycles. The van der Waals surface area contributed by atoms with Gasteiger partial charge < -0.3 is 54.1 Å². The number of aliphatic hydroxyl groups excluding tert-OH is 4. The van der Waals surface area contributed by atoms with Crippen LogP contribution in [0.25, 0.3) is 22.5 Å². The second kappa shape index (κ2) is 50.8. The van der Waals surface area contributed by atoms with Gasteiger partial charge >= 0.3 is 0 Å². The van der Waals surface area contributed by atoms with Crippen LogP contribution in [0, 0.1) is 12.7 Å². The number of nitrogens with two attached hydrogens (primary N) is 1. The van der Waals surface area contributed by atoms with Crippen molar-refractivity contribution in [2.45, 2.75) is 89.2 Å². The third-order valence-electron chi connectivity index (χ3n) is 21.6. The molecule has 0 bridgehead atoms. The second-order valence-corrected chi connectivity index (χ2v) is 40.9. The minimum Gasteiger partial charge on any atom is -0.497 e. The molecule has 0 fully saturated rings. The molecule has 14 aromatic rings. The van der Waals surface area contributed by atoms with Crippen molar-refractivity contribution in [1.82, 2.24) is 46.3 Å². The lowest BCUT2D eigenvalue weighted by atomic mass is 9.90. The molecule has 11 aromatic carbocycles. The zero-order chi connectivity index (χ0) is 96.6. The van der Waals surface area contributed by atoms with E-state index in [1.54, 1.807) is 121 Å². The number of hydrogen-bond donors (Lipinski definition) is 6. The summed E-state index contributed by atoms with van der Waals surface area (Å²) in [5.41, 5.74) is 19.0. The normalized spacial score (nSPS) is 12.4. The number of imidazole rings is 3. The molecule has 14 rings (SSSR count). The summed E-state index contributed by atoms with van der Waals surface area (Å²) in [6, 6.07) is 79.4. The molecule has 0 saturated carbocycles. The Morgan fingerprint density at radius 2 is 0.707 bits per heavy atom. The third kappa shape index (κ3) is 30.4. The quantitative estimate of drug-likeness (QED) is 0.0222. The molecule has 3 heterocycles. The number of halogens is 3. The standard InChI is InChI=1S/C28H31N3O4S.C24H26BrNO4S.C20H23N3O3S.C15H15BrFNO3S.C8H11NO.C5H8N2/c1-30-18-28(29-20-30)27-16-26(14-11-23(27)15-24(19-32)22-7-5-4-6-8-22)36(33,34)31(2)17-21-9-12-25(35-3)13-10-21;1-26(16-18-8-11-22(30-2)12-9-18)31(28,29)23-13-10-20(24(25)15-23)14-21(17-27)19-6-4-3-5-7-19;1-21-27(25,26)18-9-8-16(19(11-18)20-12-23(2)14-22-20)10-17(13-24)15-6-4-3-5-7-15;1-18(10-11-3-5-12(21-2)6-4-11)22(19,20)13-7-8-15(17)14(16)9-13;9-8(6-10)7-4-2-1-3-5-7;1-5-3-7(2)4-6-5/h4-14,16,18,20,24,32H,15,17,19H2,1-3H3;3-13,15,21,27H,14,16-17H2,1-2H3;3-9,11-12,14,17,21,24H,10,13H2,1-2H3;3-9H,10H2,1-2H3;1-5,8,10H,6,9H2;3-4H,1-2H3/t24-;21-;17-;;8-;/m000.0./s1. The van der Waals surface area contributed by atoms with Gasteiger partial charge in [-0.05, 0) is 196 Å². The van der Waals surface area contributed by atoms with Crippen molar-refractivity contribution in [3.8, 4) is 39.8 Å². The van der Waals surface area contributed by atoms with Gasteiger partial charge in [-0.25, -0.2) is 57.7 Å². The Labute approximate surface area is 797 Å². The Balaban J connectivity index is 0.000000189. The first kappa shape index (κ1) is 105. The Morgan fingerprint density at radius 3 is 1.00 bits per heavy atom. The molecule has 704 valence electrons. The molecule has 133 heavy (non-hydrogen) atoms. The monoisotopic (exact) mass is 2010 g/mol. The summed E-state index contributed by atoms with van der Waals surface area (Å²) in [6.07, 6.45) is 12.6. The van der Waals surface area contributed by atoms with Crippen LogP contribution in [0.3, 0.4) is 0 Å². The van der Waals surface area contributed by atoms with Crippen molar-refractivity contribution >= 4 is 72.0 Å². The van der Waals surface area contributed by atoms with Gasteiger partial charge in [0, 0.05) is 114 Å². The van der Waals surface area contributed by atoms with Gasteiger partial charge in [-0.2, -0.15) is 12.9 Å². The number of nitrogens with zero attached hydrogens (tertiary/aromatic N) is 9. The van der Waals surface area contributed by atoms with Gasteiger partial charge in [0.25, 0.3) is 0 Å². The van der Waals surface area contributed by atoms with Crippen LogP contribution in [0.1, 0.15) is 85.1 Å². The van der Waals surface area contributed by atoms with Crippen molar-refractivity contribution in [3.63, 3.8) is 0 Å². The maximum absolute atomic E-state index is 13.5. The van der Waals surface area contributed by atoms with Crippen LogP contribution in [0.4, 0.5) is 4.39 Å². The molecule has 7 N–H and O–H groups in total. The van der Waals surface area contributed by atoms with Crippen LogP contribution in [-0.4, -0.2) is 172 Å². The first-order valence-corrected chi connectivity index (χ1v) is 49.5. The number of sulfonamides is 4. The summed E-state index contributed by atoms with van der Waals surface area (Å²) in [5, 5.41) is 38.5.